The van der Waals surface area contributed by atoms with Crippen molar-refractivity contribution < 1.29 is 22.7 Å². The van der Waals surface area contributed by atoms with Crippen molar-refractivity contribution in [1.29, 1.82) is 5.41 Å². The number of rotatable bonds is 8. The minimum atomic E-state index is -3.57. The maximum atomic E-state index is 15.3. The summed E-state index contributed by atoms with van der Waals surface area (Å²) in [7, 11) is -3.57. The first-order valence-corrected chi connectivity index (χ1v) is 14.2. The van der Waals surface area contributed by atoms with Gasteiger partial charge in [0.05, 0.1) is 27.7 Å². The van der Waals surface area contributed by atoms with Crippen molar-refractivity contribution in [2.24, 2.45) is 5.10 Å². The Hall–Kier alpha value is -4.06. The summed E-state index contributed by atoms with van der Waals surface area (Å²) in [6.45, 7) is 6.56. The topological polar surface area (TPSA) is 131 Å². The van der Waals surface area contributed by atoms with Crippen molar-refractivity contribution in [3.8, 4) is 11.5 Å². The van der Waals surface area contributed by atoms with Crippen LogP contribution < -0.4 is 14.5 Å². The summed E-state index contributed by atoms with van der Waals surface area (Å²) in [5, 5.41) is 25.6. The molecule has 208 valence electrons. The first-order valence-electron chi connectivity index (χ1n) is 11.6. The lowest BCUT2D eigenvalue weighted by molar-refractivity contribution is 0.476. The molecule has 0 fully saturated rings. The lowest BCUT2D eigenvalue weighted by atomic mass is 10.1. The van der Waals surface area contributed by atoms with Crippen molar-refractivity contribution in [2.45, 2.75) is 13.8 Å². The number of hydrogen-bond donors (Lipinski definition) is 4. The molecule has 0 spiro atoms. The van der Waals surface area contributed by atoms with E-state index in [4.69, 9.17) is 33.3 Å². The minimum Gasteiger partial charge on any atom is -0.505 e. The molecule has 3 aromatic carbocycles. The molecule has 0 radical (unpaired) electrons. The number of para-hydroxylation sites is 1. The maximum Gasteiger partial charge on any atom is 0.229 e. The third-order valence-corrected chi connectivity index (χ3v) is 7.04. The molecule has 0 saturated heterocycles. The number of sulfonamides is 1. The molecule has 1 aromatic heterocycles. The second-order valence-corrected chi connectivity index (χ2v) is 11.4. The van der Waals surface area contributed by atoms with Crippen LogP contribution >= 0.6 is 23.2 Å². The van der Waals surface area contributed by atoms with Crippen LogP contribution in [0.15, 0.2) is 65.3 Å². The molecule has 4 aromatic rings. The molecule has 0 unspecified atom stereocenters. The summed E-state index contributed by atoms with van der Waals surface area (Å²) in [4.78, 5) is 2.97. The van der Waals surface area contributed by atoms with E-state index in [9.17, 15) is 13.5 Å². The van der Waals surface area contributed by atoms with Gasteiger partial charge in [-0.2, -0.15) is 5.10 Å². The highest BCUT2D eigenvalue weighted by Gasteiger charge is 2.23. The van der Waals surface area contributed by atoms with Crippen LogP contribution in [-0.4, -0.2) is 37.3 Å². The predicted molar refractivity (Wildman–Crippen MR) is 159 cm³/mol. The van der Waals surface area contributed by atoms with Crippen molar-refractivity contribution >= 4 is 73.8 Å². The molecule has 4 rings (SSSR count). The molecule has 13 heteroatoms. The van der Waals surface area contributed by atoms with E-state index in [1.54, 1.807) is 43.3 Å². The van der Waals surface area contributed by atoms with Crippen molar-refractivity contribution in [2.75, 3.05) is 16.0 Å². The summed E-state index contributed by atoms with van der Waals surface area (Å²) < 4.78 is 46.7. The van der Waals surface area contributed by atoms with E-state index in [0.717, 1.165) is 17.3 Å². The smallest absolute Gasteiger partial charge is 0.229 e. The van der Waals surface area contributed by atoms with E-state index in [1.165, 1.54) is 19.1 Å². The number of ether oxygens (including phenoxy) is 1. The Balaban J connectivity index is 1.66. The number of anilines is 2. The summed E-state index contributed by atoms with van der Waals surface area (Å²) in [6.07, 6.45) is 1.00. The molecular formula is C27H24Cl2FN5O4S. The summed E-state index contributed by atoms with van der Waals surface area (Å²) in [5.41, 5.74) is 1.24. The fraction of sp³-hybridized carbons (Fsp3) is 0.111. The fourth-order valence-electron chi connectivity index (χ4n) is 3.97. The van der Waals surface area contributed by atoms with Crippen molar-refractivity contribution in [1.82, 2.24) is 4.98 Å². The van der Waals surface area contributed by atoms with Gasteiger partial charge in [-0.05, 0) is 55.8 Å². The zero-order valence-electron chi connectivity index (χ0n) is 21.5. The predicted octanol–water partition coefficient (Wildman–Crippen LogP) is 7.47. The zero-order chi connectivity index (χ0) is 29.4. The van der Waals surface area contributed by atoms with E-state index in [2.05, 4.69) is 21.5 Å². The summed E-state index contributed by atoms with van der Waals surface area (Å²) in [6, 6.07) is 14.1. The molecular weight excluding hydrogens is 580 g/mol. The average Bonchev–Trinajstić information content (AvgIpc) is 3.28. The van der Waals surface area contributed by atoms with Gasteiger partial charge in [0.15, 0.2) is 11.7 Å². The normalized spacial score (nSPS) is 12.2. The van der Waals surface area contributed by atoms with Gasteiger partial charge in [-0.15, -0.1) is 0 Å². The molecule has 0 aliphatic heterocycles. The lowest BCUT2D eigenvalue weighted by Gasteiger charge is -2.23. The Morgan fingerprint density at radius 1 is 1.18 bits per heavy atom. The number of hydrogen-bond acceptors (Lipinski definition) is 6. The standard InChI is InChI=1S/C27H24Cl2FN5O4S/c1-14-9-17(39-24-8-6-5-7-18(24)28)12-20(30)25(14)35(32-3)27(31)15(2)26(36)23-11-16-10-19(29)22(13-21(16)33-23)34-40(4,37)38/h5-13,31,33-34,36H,3H2,1-2,4H3. The van der Waals surface area contributed by atoms with E-state index in [1.807, 2.05) is 0 Å². The Kier molecular flexibility index (Phi) is 8.10. The van der Waals surface area contributed by atoms with Crippen molar-refractivity contribution in [3.05, 3.63) is 87.3 Å². The summed E-state index contributed by atoms with van der Waals surface area (Å²) >= 11 is 12.3. The van der Waals surface area contributed by atoms with E-state index >= 15 is 4.39 Å². The van der Waals surface area contributed by atoms with E-state index in [-0.39, 0.29) is 45.0 Å². The zero-order valence-corrected chi connectivity index (χ0v) is 23.8. The number of nitrogens with one attached hydrogen (secondary N) is 3. The van der Waals surface area contributed by atoms with Crippen LogP contribution in [0.2, 0.25) is 10.0 Å². The number of amidine groups is 1. The minimum absolute atomic E-state index is 0.0507. The molecule has 0 aliphatic carbocycles. The lowest BCUT2D eigenvalue weighted by Crippen LogP contribution is -2.27. The fourth-order valence-corrected chi connectivity index (χ4v) is 4.99. The second kappa shape index (κ2) is 11.2. The number of halogens is 3. The number of hydrazone groups is 1. The average molecular weight is 604 g/mol. The van der Waals surface area contributed by atoms with Crippen LogP contribution in [0.3, 0.4) is 0 Å². The third-order valence-electron chi connectivity index (χ3n) is 5.83. The largest absolute Gasteiger partial charge is 0.505 e. The first-order chi connectivity index (χ1) is 18.8. The number of aliphatic hydroxyl groups is 1. The van der Waals surface area contributed by atoms with Gasteiger partial charge >= 0.3 is 0 Å². The molecule has 4 N–H and O–H groups in total. The van der Waals surface area contributed by atoms with Crippen LogP contribution in [0, 0.1) is 18.2 Å². The van der Waals surface area contributed by atoms with Crippen LogP contribution in [-0.2, 0) is 10.0 Å². The number of aromatic nitrogens is 1. The quantitative estimate of drug-likeness (QED) is 0.0717. The van der Waals surface area contributed by atoms with Gasteiger partial charge in [0.25, 0.3) is 0 Å². The molecule has 0 amide bonds. The van der Waals surface area contributed by atoms with Gasteiger partial charge in [-0.3, -0.25) is 10.1 Å². The molecule has 9 nitrogen and oxygen atoms in total. The highest BCUT2D eigenvalue weighted by atomic mass is 35.5. The first kappa shape index (κ1) is 28.9. The van der Waals surface area contributed by atoms with Gasteiger partial charge in [-0.25, -0.2) is 17.8 Å². The van der Waals surface area contributed by atoms with Crippen LogP contribution in [0.4, 0.5) is 15.8 Å². The number of aliphatic hydroxyl groups excluding tert-OH is 1. The Bertz CT molecular complexity index is 1780. The Labute approximate surface area is 240 Å². The number of fused-ring (bicyclic) bond motifs is 1. The highest BCUT2D eigenvalue weighted by Crippen LogP contribution is 2.35. The summed E-state index contributed by atoms with van der Waals surface area (Å²) in [5.74, 6) is -0.855. The second-order valence-electron chi connectivity index (χ2n) is 8.86. The van der Waals surface area contributed by atoms with Crippen LogP contribution in [0.1, 0.15) is 18.2 Å². The van der Waals surface area contributed by atoms with Gasteiger partial charge in [0, 0.05) is 29.3 Å². The molecule has 1 heterocycles. The third kappa shape index (κ3) is 6.06. The van der Waals surface area contributed by atoms with Gasteiger partial charge in [0.2, 0.25) is 10.0 Å². The van der Waals surface area contributed by atoms with Gasteiger partial charge in [-0.1, -0.05) is 35.3 Å². The molecule has 0 bridgehead atoms. The monoisotopic (exact) mass is 603 g/mol. The number of aryl methyl sites for hydroxylation is 1. The SMILES string of the molecule is C=NN(C(=N)C(C)=C(O)c1cc2cc(Cl)c(NS(C)(=O)=O)cc2[nH]1)c1c(C)cc(Oc2ccccc2Cl)cc1F. The van der Waals surface area contributed by atoms with Crippen LogP contribution in [0.25, 0.3) is 16.7 Å². The number of nitrogens with zero attached hydrogens (tertiary/aromatic N) is 2. The Morgan fingerprint density at radius 3 is 2.50 bits per heavy atom. The van der Waals surface area contributed by atoms with Gasteiger partial charge in [0.1, 0.15) is 22.9 Å². The number of H-pyrrole nitrogens is 1. The van der Waals surface area contributed by atoms with Crippen LogP contribution in [0.5, 0.6) is 11.5 Å². The van der Waals surface area contributed by atoms with Gasteiger partial charge < -0.3 is 14.8 Å². The van der Waals surface area contributed by atoms with Crippen molar-refractivity contribution in [3.63, 3.8) is 0 Å². The molecule has 0 aliphatic rings. The highest BCUT2D eigenvalue weighted by molar-refractivity contribution is 7.92. The maximum absolute atomic E-state index is 15.3. The van der Waals surface area contributed by atoms with E-state index in [0.29, 0.717) is 27.2 Å². The molecule has 0 atom stereocenters. The Morgan fingerprint density at radius 2 is 1.88 bits per heavy atom. The van der Waals surface area contributed by atoms with E-state index < -0.39 is 15.8 Å². The molecule has 0 saturated carbocycles. The number of benzene rings is 3. The molecule has 40 heavy (non-hydrogen) atoms. The number of aromatic amines is 1.